The van der Waals surface area contributed by atoms with Crippen molar-refractivity contribution < 1.29 is 27.4 Å². The Kier molecular flexibility index (Phi) is 7.36. The molecule has 0 bridgehead atoms. The molecule has 33 heavy (non-hydrogen) atoms. The van der Waals surface area contributed by atoms with Crippen molar-refractivity contribution in [2.75, 3.05) is 56.3 Å². The quantitative estimate of drug-likeness (QED) is 0.633. The number of fused-ring (bicyclic) bond motifs is 1. The van der Waals surface area contributed by atoms with E-state index in [1.807, 2.05) is 25.1 Å². The molecule has 2 aromatic rings. The third-order valence-corrected chi connectivity index (χ3v) is 6.99. The number of nitrogens with zero attached hydrogens (tertiary/aromatic N) is 1. The largest absolute Gasteiger partial charge is 0.490 e. The Balaban J connectivity index is 1.30. The van der Waals surface area contributed by atoms with Crippen LogP contribution >= 0.6 is 0 Å². The average molecular weight is 476 g/mol. The van der Waals surface area contributed by atoms with Crippen LogP contribution in [0.15, 0.2) is 41.3 Å². The molecule has 2 aliphatic rings. The summed E-state index contributed by atoms with van der Waals surface area (Å²) >= 11 is 0. The summed E-state index contributed by atoms with van der Waals surface area (Å²) in [7, 11) is -3.78. The Morgan fingerprint density at radius 3 is 2.52 bits per heavy atom. The van der Waals surface area contributed by atoms with Crippen LogP contribution in [0.4, 0.5) is 11.4 Å². The van der Waals surface area contributed by atoms with Gasteiger partial charge in [-0.25, -0.2) is 13.1 Å². The first kappa shape index (κ1) is 23.3. The molecule has 2 N–H and O–H groups in total. The summed E-state index contributed by atoms with van der Waals surface area (Å²) in [6, 6.07) is 10.4. The van der Waals surface area contributed by atoms with Gasteiger partial charge in [0.1, 0.15) is 0 Å². The molecule has 1 amide bonds. The van der Waals surface area contributed by atoms with Crippen molar-refractivity contribution in [3.8, 4) is 11.5 Å². The van der Waals surface area contributed by atoms with Crippen LogP contribution in [0, 0.1) is 6.92 Å². The van der Waals surface area contributed by atoms with E-state index in [9.17, 15) is 13.2 Å². The lowest BCUT2D eigenvalue weighted by atomic mass is 10.1. The second-order valence-corrected chi connectivity index (χ2v) is 9.72. The van der Waals surface area contributed by atoms with Gasteiger partial charge in [0.05, 0.1) is 31.3 Å². The maximum atomic E-state index is 12.6. The van der Waals surface area contributed by atoms with Gasteiger partial charge >= 0.3 is 0 Å². The summed E-state index contributed by atoms with van der Waals surface area (Å²) in [4.78, 5) is 14.7. The molecule has 0 atom stereocenters. The monoisotopic (exact) mass is 475 g/mol. The Labute approximate surface area is 194 Å². The molecule has 0 aliphatic carbocycles. The van der Waals surface area contributed by atoms with E-state index in [4.69, 9.17) is 14.2 Å². The lowest BCUT2D eigenvalue weighted by Crippen LogP contribution is -2.36. The fourth-order valence-corrected chi connectivity index (χ4v) is 4.76. The van der Waals surface area contributed by atoms with Crippen LogP contribution in [-0.2, 0) is 19.6 Å². The van der Waals surface area contributed by atoms with Crippen LogP contribution in [0.5, 0.6) is 11.5 Å². The number of carbonyl (C=O) groups excluding carboxylic acids is 1. The van der Waals surface area contributed by atoms with E-state index in [2.05, 4.69) is 14.9 Å². The smallest absolute Gasteiger partial charge is 0.240 e. The van der Waals surface area contributed by atoms with Crippen LogP contribution in [0.3, 0.4) is 0 Å². The predicted octanol–water partition coefficient (Wildman–Crippen LogP) is 2.30. The summed E-state index contributed by atoms with van der Waals surface area (Å²) in [5, 5.41) is 2.86. The molecule has 1 fully saturated rings. The molecule has 0 saturated carbocycles. The zero-order chi connectivity index (χ0) is 23.3. The van der Waals surface area contributed by atoms with E-state index in [0.717, 1.165) is 30.8 Å². The third-order valence-electron chi connectivity index (χ3n) is 5.53. The summed E-state index contributed by atoms with van der Waals surface area (Å²) in [6.45, 7) is 6.02. The van der Waals surface area contributed by atoms with Gasteiger partial charge < -0.3 is 24.4 Å². The summed E-state index contributed by atoms with van der Waals surface area (Å²) < 4.78 is 44.2. The first-order chi connectivity index (χ1) is 15.9. The van der Waals surface area contributed by atoms with Gasteiger partial charge in [0.15, 0.2) is 11.5 Å². The van der Waals surface area contributed by atoms with Crippen molar-refractivity contribution >= 4 is 27.3 Å². The number of hydrogen-bond donors (Lipinski definition) is 2. The molecule has 9 nitrogen and oxygen atoms in total. The Bertz CT molecular complexity index is 1100. The van der Waals surface area contributed by atoms with Crippen LogP contribution in [0.25, 0.3) is 0 Å². The number of hydrogen-bond acceptors (Lipinski definition) is 7. The van der Waals surface area contributed by atoms with Gasteiger partial charge in [-0.2, -0.15) is 0 Å². The number of nitrogens with one attached hydrogen (secondary N) is 2. The van der Waals surface area contributed by atoms with Crippen molar-refractivity contribution in [3.63, 3.8) is 0 Å². The zero-order valence-corrected chi connectivity index (χ0v) is 19.4. The van der Waals surface area contributed by atoms with Crippen molar-refractivity contribution in [2.45, 2.75) is 24.7 Å². The molecule has 2 aromatic carbocycles. The SMILES string of the molecule is Cc1cc(N2CCOCC2)ccc1NC(=O)CCNS(=O)(=O)c1ccc2c(c1)OCCCO2. The van der Waals surface area contributed by atoms with Gasteiger partial charge in [-0.1, -0.05) is 0 Å². The number of ether oxygens (including phenoxy) is 3. The highest BCUT2D eigenvalue weighted by Gasteiger charge is 2.19. The molecular formula is C23H29N3O6S. The lowest BCUT2D eigenvalue weighted by Gasteiger charge is -2.29. The van der Waals surface area contributed by atoms with Gasteiger partial charge in [-0.3, -0.25) is 4.79 Å². The third kappa shape index (κ3) is 5.95. The van der Waals surface area contributed by atoms with Gasteiger partial charge in [-0.15, -0.1) is 0 Å². The van der Waals surface area contributed by atoms with E-state index in [1.54, 1.807) is 6.07 Å². The normalized spacial score (nSPS) is 16.2. The van der Waals surface area contributed by atoms with Crippen LogP contribution in [-0.4, -0.2) is 60.4 Å². The highest BCUT2D eigenvalue weighted by atomic mass is 32.2. The Morgan fingerprint density at radius 2 is 1.76 bits per heavy atom. The molecule has 0 aromatic heterocycles. The van der Waals surface area contributed by atoms with Crippen LogP contribution in [0.1, 0.15) is 18.4 Å². The molecule has 0 spiro atoms. The van der Waals surface area contributed by atoms with Crippen LogP contribution in [0.2, 0.25) is 0 Å². The zero-order valence-electron chi connectivity index (χ0n) is 18.6. The van der Waals surface area contributed by atoms with Gasteiger partial charge in [0.2, 0.25) is 15.9 Å². The molecule has 2 heterocycles. The molecular weight excluding hydrogens is 446 g/mol. The molecule has 0 radical (unpaired) electrons. The number of sulfonamides is 1. The summed E-state index contributed by atoms with van der Waals surface area (Å²) in [6.07, 6.45) is 0.744. The fourth-order valence-electron chi connectivity index (χ4n) is 3.71. The first-order valence-corrected chi connectivity index (χ1v) is 12.5. The summed E-state index contributed by atoms with van der Waals surface area (Å²) in [5.74, 6) is 0.670. The molecule has 4 rings (SSSR count). The van der Waals surface area contributed by atoms with Crippen LogP contribution < -0.4 is 24.4 Å². The molecule has 178 valence electrons. The minimum atomic E-state index is -3.78. The van der Waals surface area contributed by atoms with Crippen molar-refractivity contribution in [3.05, 3.63) is 42.0 Å². The topological polar surface area (TPSA) is 106 Å². The predicted molar refractivity (Wildman–Crippen MR) is 125 cm³/mol. The molecule has 0 unspecified atom stereocenters. The molecule has 1 saturated heterocycles. The van der Waals surface area contributed by atoms with E-state index in [-0.39, 0.29) is 23.8 Å². The second kappa shape index (κ2) is 10.4. The summed E-state index contributed by atoms with van der Waals surface area (Å²) in [5.41, 5.74) is 2.75. The maximum Gasteiger partial charge on any atom is 0.240 e. The minimum absolute atomic E-state index is 0.00837. The number of aryl methyl sites for hydroxylation is 1. The number of rotatable bonds is 7. The van der Waals surface area contributed by atoms with E-state index in [1.165, 1.54) is 12.1 Å². The number of morpholine rings is 1. The Morgan fingerprint density at radius 1 is 1.00 bits per heavy atom. The van der Waals surface area contributed by atoms with Gasteiger partial charge in [0.25, 0.3) is 0 Å². The van der Waals surface area contributed by atoms with Crippen molar-refractivity contribution in [2.24, 2.45) is 0 Å². The van der Waals surface area contributed by atoms with Crippen molar-refractivity contribution in [1.29, 1.82) is 0 Å². The number of amides is 1. The Hall–Kier alpha value is -2.82. The highest BCUT2D eigenvalue weighted by Crippen LogP contribution is 2.31. The fraction of sp³-hybridized carbons (Fsp3) is 0.435. The average Bonchev–Trinajstić information content (AvgIpc) is 3.06. The van der Waals surface area contributed by atoms with E-state index < -0.39 is 10.0 Å². The first-order valence-electron chi connectivity index (χ1n) is 11.0. The van der Waals surface area contributed by atoms with Gasteiger partial charge in [-0.05, 0) is 42.8 Å². The molecule has 10 heteroatoms. The molecule has 2 aliphatic heterocycles. The maximum absolute atomic E-state index is 12.6. The lowest BCUT2D eigenvalue weighted by molar-refractivity contribution is -0.116. The number of anilines is 2. The van der Waals surface area contributed by atoms with Crippen molar-refractivity contribution in [1.82, 2.24) is 4.72 Å². The minimum Gasteiger partial charge on any atom is -0.490 e. The van der Waals surface area contributed by atoms with E-state index >= 15 is 0 Å². The second-order valence-electron chi connectivity index (χ2n) is 7.95. The van der Waals surface area contributed by atoms with E-state index in [0.29, 0.717) is 43.6 Å². The number of carbonyl (C=O) groups is 1. The van der Waals surface area contributed by atoms with Gasteiger partial charge in [0, 0.05) is 49.9 Å². The highest BCUT2D eigenvalue weighted by molar-refractivity contribution is 7.89. The number of benzene rings is 2. The standard InChI is InChI=1S/C23H29N3O6S/c1-17-15-18(26-9-13-30-14-10-26)3-5-20(17)25-23(27)7-8-24-33(28,29)19-4-6-21-22(16-19)32-12-2-11-31-21/h3-6,15-16,24H,2,7-14H2,1H3,(H,25,27).